The van der Waals surface area contributed by atoms with Gasteiger partial charge in [-0.1, -0.05) is 19.1 Å². The molecule has 0 aliphatic carbocycles. The first-order chi connectivity index (χ1) is 14.3. The molecule has 162 valence electrons. The van der Waals surface area contributed by atoms with Gasteiger partial charge in [0.1, 0.15) is 6.54 Å². The van der Waals surface area contributed by atoms with Gasteiger partial charge in [-0.2, -0.15) is 0 Å². The van der Waals surface area contributed by atoms with E-state index in [2.05, 4.69) is 4.74 Å². The van der Waals surface area contributed by atoms with Crippen LogP contribution in [0.2, 0.25) is 0 Å². The maximum atomic E-state index is 12.7. The number of amides is 2. The molecule has 1 aromatic rings. The van der Waals surface area contributed by atoms with Crippen molar-refractivity contribution >= 4 is 40.9 Å². The van der Waals surface area contributed by atoms with Crippen LogP contribution < -0.4 is 9.47 Å². The van der Waals surface area contributed by atoms with Crippen molar-refractivity contribution in [2.45, 2.75) is 26.4 Å². The quantitative estimate of drug-likeness (QED) is 0.425. The third kappa shape index (κ3) is 5.76. The fraction of sp³-hybridized carbons (Fsp3) is 0.400. The van der Waals surface area contributed by atoms with Gasteiger partial charge in [0.25, 0.3) is 11.1 Å². The Morgan fingerprint density at radius 1 is 1.20 bits per heavy atom. The summed E-state index contributed by atoms with van der Waals surface area (Å²) >= 11 is 0.697. The van der Waals surface area contributed by atoms with Crippen LogP contribution in [0.3, 0.4) is 0 Å². The Morgan fingerprint density at radius 3 is 2.57 bits per heavy atom. The number of nitrogens with zero attached hydrogens (tertiary/aromatic N) is 1. The highest BCUT2D eigenvalue weighted by molar-refractivity contribution is 8.18. The Kier molecular flexibility index (Phi) is 8.28. The maximum Gasteiger partial charge on any atom is 0.343 e. The van der Waals surface area contributed by atoms with Crippen LogP contribution in [0.4, 0.5) is 4.79 Å². The summed E-state index contributed by atoms with van der Waals surface area (Å²) in [6.45, 7) is 2.76. The normalized spacial score (nSPS) is 15.9. The topological polar surface area (TPSA) is 108 Å². The van der Waals surface area contributed by atoms with E-state index < -0.39 is 29.6 Å². The highest BCUT2D eigenvalue weighted by atomic mass is 32.2. The van der Waals surface area contributed by atoms with Crippen molar-refractivity contribution in [1.29, 1.82) is 0 Å². The van der Waals surface area contributed by atoms with Crippen molar-refractivity contribution in [1.82, 2.24) is 4.90 Å². The zero-order chi connectivity index (χ0) is 22.3. The minimum Gasteiger partial charge on any atom is -0.493 e. The van der Waals surface area contributed by atoms with E-state index in [1.165, 1.54) is 20.3 Å². The Hall–Kier alpha value is -3.01. The average Bonchev–Trinajstić information content (AvgIpc) is 2.99. The molecule has 0 bridgehead atoms. The van der Waals surface area contributed by atoms with Crippen LogP contribution in [0.15, 0.2) is 23.1 Å². The van der Waals surface area contributed by atoms with Crippen LogP contribution in [0.1, 0.15) is 25.8 Å². The van der Waals surface area contributed by atoms with Crippen molar-refractivity contribution in [3.63, 3.8) is 0 Å². The monoisotopic (exact) mass is 437 g/mol. The Balaban J connectivity index is 2.24. The molecule has 0 spiro atoms. The lowest BCUT2D eigenvalue weighted by molar-refractivity contribution is -0.150. The lowest BCUT2D eigenvalue weighted by Crippen LogP contribution is -2.35. The van der Waals surface area contributed by atoms with Crippen LogP contribution in [0.5, 0.6) is 11.5 Å². The summed E-state index contributed by atoms with van der Waals surface area (Å²) < 4.78 is 20.4. The number of carbonyl (C=O) groups excluding carboxylic acids is 4. The molecule has 1 aliphatic heterocycles. The minimum absolute atomic E-state index is 0.104. The van der Waals surface area contributed by atoms with Gasteiger partial charge < -0.3 is 18.9 Å². The number of hydrogen-bond acceptors (Lipinski definition) is 9. The molecular weight excluding hydrogens is 414 g/mol. The zero-order valence-corrected chi connectivity index (χ0v) is 17.9. The predicted octanol–water partition coefficient (Wildman–Crippen LogP) is 2.63. The number of methoxy groups -OCH3 is 2. The molecule has 10 heteroatoms. The molecule has 9 nitrogen and oxygen atoms in total. The first-order valence-electron chi connectivity index (χ1n) is 9.12. The van der Waals surface area contributed by atoms with E-state index in [0.29, 0.717) is 29.5 Å². The second-order valence-electron chi connectivity index (χ2n) is 6.22. The van der Waals surface area contributed by atoms with Gasteiger partial charge >= 0.3 is 11.9 Å². The Bertz CT molecular complexity index is 866. The van der Waals surface area contributed by atoms with Gasteiger partial charge in [0.05, 0.1) is 25.2 Å². The summed E-state index contributed by atoms with van der Waals surface area (Å²) in [5.41, 5.74) is 0.422. The van der Waals surface area contributed by atoms with E-state index in [9.17, 15) is 19.2 Å². The molecule has 1 saturated heterocycles. The lowest BCUT2D eigenvalue weighted by Gasteiger charge is -2.15. The number of para-hydroxylation sites is 1. The number of thioether (sulfide) groups is 1. The number of imide groups is 1. The Morgan fingerprint density at radius 2 is 1.93 bits per heavy atom. The number of rotatable bonds is 9. The van der Waals surface area contributed by atoms with Crippen molar-refractivity contribution in [3.8, 4) is 11.5 Å². The van der Waals surface area contributed by atoms with Gasteiger partial charge in [0.2, 0.25) is 0 Å². The minimum atomic E-state index is -0.656. The molecule has 0 radical (unpaired) electrons. The summed E-state index contributed by atoms with van der Waals surface area (Å²) in [6.07, 6.45) is 1.76. The zero-order valence-electron chi connectivity index (χ0n) is 17.1. The van der Waals surface area contributed by atoms with Gasteiger partial charge in [-0.25, -0.2) is 4.79 Å². The molecule has 2 amide bonds. The molecule has 1 heterocycles. The van der Waals surface area contributed by atoms with Crippen molar-refractivity contribution < 1.29 is 38.1 Å². The number of benzene rings is 1. The van der Waals surface area contributed by atoms with E-state index in [1.807, 2.05) is 6.92 Å². The number of ether oxygens (including phenoxy) is 4. The second-order valence-corrected chi connectivity index (χ2v) is 7.21. The number of esters is 2. The van der Waals surface area contributed by atoms with Gasteiger partial charge in [0.15, 0.2) is 18.1 Å². The largest absolute Gasteiger partial charge is 0.493 e. The third-order valence-corrected chi connectivity index (χ3v) is 5.05. The Labute approximate surface area is 178 Å². The van der Waals surface area contributed by atoms with Crippen LogP contribution >= 0.6 is 11.8 Å². The van der Waals surface area contributed by atoms with Gasteiger partial charge in [-0.05, 0) is 37.2 Å². The molecule has 1 atom stereocenters. The standard InChI is InChI=1S/C20H23NO8S/c1-5-12(2)29-16(22)10-21-19(24)15(30-20(21)25)9-13-7-6-8-14(26-3)18(13)28-11-17(23)27-4/h6-9,12H,5,10-11H2,1-4H3/b15-9+/t12-/m0/s1. The number of carbonyl (C=O) groups is 4. The molecule has 2 rings (SSSR count). The van der Waals surface area contributed by atoms with Gasteiger partial charge in [0, 0.05) is 5.56 Å². The van der Waals surface area contributed by atoms with Crippen LogP contribution in [-0.2, 0) is 23.9 Å². The summed E-state index contributed by atoms with van der Waals surface area (Å²) in [7, 11) is 2.66. The first kappa shape index (κ1) is 23.3. The highest BCUT2D eigenvalue weighted by Gasteiger charge is 2.37. The fourth-order valence-corrected chi connectivity index (χ4v) is 3.23. The average molecular weight is 437 g/mol. The van der Waals surface area contributed by atoms with E-state index >= 15 is 0 Å². The molecule has 0 unspecified atom stereocenters. The van der Waals surface area contributed by atoms with E-state index in [1.54, 1.807) is 25.1 Å². The summed E-state index contributed by atoms with van der Waals surface area (Å²) in [5, 5.41) is -0.577. The van der Waals surface area contributed by atoms with Crippen LogP contribution in [0.25, 0.3) is 6.08 Å². The smallest absolute Gasteiger partial charge is 0.343 e. The van der Waals surface area contributed by atoms with Crippen LogP contribution in [-0.4, -0.2) is 61.5 Å². The fourth-order valence-electron chi connectivity index (χ4n) is 2.40. The summed E-state index contributed by atoms with van der Waals surface area (Å²) in [4.78, 5) is 49.2. The second kappa shape index (κ2) is 10.7. The molecule has 1 fully saturated rings. The molecular formula is C20H23NO8S. The highest BCUT2D eigenvalue weighted by Crippen LogP contribution is 2.37. The molecule has 0 saturated carbocycles. The number of hydrogen-bond donors (Lipinski definition) is 0. The van der Waals surface area contributed by atoms with Gasteiger partial charge in [-0.3, -0.25) is 19.3 Å². The summed E-state index contributed by atoms with van der Waals surface area (Å²) in [5.74, 6) is -1.31. The third-order valence-electron chi connectivity index (χ3n) is 4.15. The van der Waals surface area contributed by atoms with Crippen molar-refractivity contribution in [2.75, 3.05) is 27.4 Å². The lowest BCUT2D eigenvalue weighted by atomic mass is 10.1. The van der Waals surface area contributed by atoms with E-state index in [0.717, 1.165) is 4.90 Å². The van der Waals surface area contributed by atoms with Crippen LogP contribution in [0, 0.1) is 0 Å². The molecule has 1 aromatic carbocycles. The van der Waals surface area contributed by atoms with E-state index in [4.69, 9.17) is 14.2 Å². The van der Waals surface area contributed by atoms with Crippen molar-refractivity contribution in [2.24, 2.45) is 0 Å². The maximum absolute atomic E-state index is 12.7. The van der Waals surface area contributed by atoms with E-state index in [-0.39, 0.29) is 23.4 Å². The SMILES string of the molecule is CC[C@H](C)OC(=O)CN1C(=O)S/C(=C/c2cccc(OC)c2OCC(=O)OC)C1=O. The molecule has 30 heavy (non-hydrogen) atoms. The first-order valence-corrected chi connectivity index (χ1v) is 9.93. The summed E-state index contributed by atoms with van der Waals surface area (Å²) in [6, 6.07) is 4.93. The molecule has 1 aliphatic rings. The van der Waals surface area contributed by atoms with Crippen molar-refractivity contribution in [3.05, 3.63) is 28.7 Å². The van der Waals surface area contributed by atoms with Gasteiger partial charge in [-0.15, -0.1) is 0 Å². The predicted molar refractivity (Wildman–Crippen MR) is 109 cm³/mol. The molecule has 0 aromatic heterocycles. The molecule has 0 N–H and O–H groups in total.